The Balaban J connectivity index is 1.78. The number of sulfone groups is 1. The predicted molar refractivity (Wildman–Crippen MR) is 88.1 cm³/mol. The third-order valence-electron chi connectivity index (χ3n) is 4.17. The first-order valence-electron chi connectivity index (χ1n) is 7.78. The molecule has 23 heavy (non-hydrogen) atoms. The summed E-state index contributed by atoms with van der Waals surface area (Å²) in [6.07, 6.45) is 4.34. The van der Waals surface area contributed by atoms with E-state index in [2.05, 4.69) is 5.32 Å². The highest BCUT2D eigenvalue weighted by Crippen LogP contribution is 2.21. The van der Waals surface area contributed by atoms with Crippen molar-refractivity contribution >= 4 is 15.7 Å². The Morgan fingerprint density at radius 2 is 1.43 bits per heavy atom. The van der Waals surface area contributed by atoms with Gasteiger partial charge in [-0.05, 0) is 49.2 Å². The van der Waals surface area contributed by atoms with Crippen molar-refractivity contribution in [3.63, 3.8) is 0 Å². The largest absolute Gasteiger partial charge is 0.349 e. The topological polar surface area (TPSA) is 63.2 Å². The zero-order valence-electron chi connectivity index (χ0n) is 12.7. The molecule has 1 aliphatic carbocycles. The summed E-state index contributed by atoms with van der Waals surface area (Å²) in [4.78, 5) is 12.6. The Labute approximate surface area is 136 Å². The van der Waals surface area contributed by atoms with Crippen LogP contribution in [0.2, 0.25) is 0 Å². The first-order chi connectivity index (χ1) is 11.1. The molecule has 1 amide bonds. The van der Waals surface area contributed by atoms with Crippen LogP contribution in [0.15, 0.2) is 64.4 Å². The minimum Gasteiger partial charge on any atom is -0.349 e. The van der Waals surface area contributed by atoms with Gasteiger partial charge in [-0.2, -0.15) is 0 Å². The van der Waals surface area contributed by atoms with E-state index < -0.39 is 9.84 Å². The van der Waals surface area contributed by atoms with Gasteiger partial charge in [0.2, 0.25) is 9.84 Å². The number of hydrogen-bond donors (Lipinski definition) is 1. The summed E-state index contributed by atoms with van der Waals surface area (Å²) in [5, 5.41) is 3.00. The van der Waals surface area contributed by atoms with Gasteiger partial charge >= 0.3 is 0 Å². The quantitative estimate of drug-likeness (QED) is 0.937. The van der Waals surface area contributed by atoms with Gasteiger partial charge in [0.05, 0.1) is 9.79 Å². The van der Waals surface area contributed by atoms with E-state index in [1.807, 2.05) is 0 Å². The Morgan fingerprint density at radius 1 is 0.870 bits per heavy atom. The maximum atomic E-state index is 12.5. The van der Waals surface area contributed by atoms with Crippen molar-refractivity contribution in [2.24, 2.45) is 0 Å². The molecule has 0 saturated heterocycles. The van der Waals surface area contributed by atoms with Gasteiger partial charge in [-0.1, -0.05) is 31.0 Å². The van der Waals surface area contributed by atoms with E-state index in [-0.39, 0.29) is 21.7 Å². The normalized spacial score (nSPS) is 15.5. The summed E-state index contributed by atoms with van der Waals surface area (Å²) in [5.74, 6) is -0.138. The lowest BCUT2D eigenvalue weighted by atomic mass is 10.2. The lowest BCUT2D eigenvalue weighted by Gasteiger charge is -2.12. The van der Waals surface area contributed by atoms with Crippen LogP contribution in [0, 0.1) is 0 Å². The molecular formula is C18H19NO3S. The maximum absolute atomic E-state index is 12.5. The van der Waals surface area contributed by atoms with Crippen molar-refractivity contribution in [2.75, 3.05) is 0 Å². The van der Waals surface area contributed by atoms with Crippen molar-refractivity contribution in [1.82, 2.24) is 5.32 Å². The predicted octanol–water partition coefficient (Wildman–Crippen LogP) is 3.19. The van der Waals surface area contributed by atoms with Gasteiger partial charge in [-0.15, -0.1) is 0 Å². The molecule has 1 fully saturated rings. The fourth-order valence-corrected chi connectivity index (χ4v) is 4.14. The van der Waals surface area contributed by atoms with Crippen LogP contribution in [-0.4, -0.2) is 20.4 Å². The minimum atomic E-state index is -3.54. The molecule has 4 nitrogen and oxygen atoms in total. The Morgan fingerprint density at radius 3 is 2.04 bits per heavy atom. The number of amides is 1. The van der Waals surface area contributed by atoms with Gasteiger partial charge in [0.25, 0.3) is 5.91 Å². The zero-order chi connectivity index (χ0) is 16.3. The summed E-state index contributed by atoms with van der Waals surface area (Å²) in [7, 11) is -3.54. The molecular weight excluding hydrogens is 310 g/mol. The van der Waals surface area contributed by atoms with E-state index in [1.54, 1.807) is 42.5 Å². The van der Waals surface area contributed by atoms with E-state index in [9.17, 15) is 13.2 Å². The first kappa shape index (κ1) is 15.7. The van der Waals surface area contributed by atoms with Gasteiger partial charge in [-0.25, -0.2) is 8.42 Å². The molecule has 0 aliphatic heterocycles. The smallest absolute Gasteiger partial charge is 0.251 e. The molecule has 1 aliphatic rings. The number of benzene rings is 2. The first-order valence-corrected chi connectivity index (χ1v) is 9.27. The third-order valence-corrected chi connectivity index (χ3v) is 5.96. The standard InChI is InChI=1S/C18H19NO3S/c20-18(19-15-6-4-5-7-15)14-10-12-17(13-11-14)23(21,22)16-8-2-1-3-9-16/h1-3,8-13,15H,4-7H2,(H,19,20). The highest BCUT2D eigenvalue weighted by atomic mass is 32.2. The molecule has 0 aromatic heterocycles. The van der Waals surface area contributed by atoms with Crippen LogP contribution in [0.5, 0.6) is 0 Å². The van der Waals surface area contributed by atoms with E-state index >= 15 is 0 Å². The number of hydrogen-bond acceptors (Lipinski definition) is 3. The molecule has 0 unspecified atom stereocenters. The van der Waals surface area contributed by atoms with Crippen LogP contribution in [0.25, 0.3) is 0 Å². The lowest BCUT2D eigenvalue weighted by Crippen LogP contribution is -2.32. The lowest BCUT2D eigenvalue weighted by molar-refractivity contribution is 0.0938. The van der Waals surface area contributed by atoms with Crippen molar-refractivity contribution in [3.8, 4) is 0 Å². The second kappa shape index (κ2) is 6.54. The number of carbonyl (C=O) groups is 1. The fraction of sp³-hybridized carbons (Fsp3) is 0.278. The average molecular weight is 329 g/mol. The Kier molecular flexibility index (Phi) is 4.48. The van der Waals surface area contributed by atoms with Gasteiger partial charge in [-0.3, -0.25) is 4.79 Å². The molecule has 0 atom stereocenters. The Bertz CT molecular complexity index is 777. The zero-order valence-corrected chi connectivity index (χ0v) is 13.6. The van der Waals surface area contributed by atoms with Crippen LogP contribution < -0.4 is 5.32 Å². The minimum absolute atomic E-state index is 0.138. The van der Waals surface area contributed by atoms with Crippen LogP contribution in [0.4, 0.5) is 0 Å². The summed E-state index contributed by atoms with van der Waals surface area (Å²) in [6.45, 7) is 0. The molecule has 3 rings (SSSR count). The van der Waals surface area contributed by atoms with Gasteiger partial charge in [0.15, 0.2) is 0 Å². The van der Waals surface area contributed by atoms with Gasteiger partial charge in [0.1, 0.15) is 0 Å². The van der Waals surface area contributed by atoms with Gasteiger partial charge < -0.3 is 5.32 Å². The molecule has 1 saturated carbocycles. The summed E-state index contributed by atoms with van der Waals surface area (Å²) in [5.41, 5.74) is 0.490. The van der Waals surface area contributed by atoms with Crippen molar-refractivity contribution in [3.05, 3.63) is 60.2 Å². The molecule has 1 N–H and O–H groups in total. The molecule has 0 bridgehead atoms. The molecule has 2 aromatic carbocycles. The van der Waals surface area contributed by atoms with E-state index in [0.29, 0.717) is 5.56 Å². The van der Waals surface area contributed by atoms with Crippen molar-refractivity contribution in [2.45, 2.75) is 41.5 Å². The van der Waals surface area contributed by atoms with Crippen LogP contribution >= 0.6 is 0 Å². The fourth-order valence-electron chi connectivity index (χ4n) is 2.86. The molecule has 2 aromatic rings. The molecule has 0 radical (unpaired) electrons. The highest BCUT2D eigenvalue weighted by Gasteiger charge is 2.20. The summed E-state index contributed by atoms with van der Waals surface area (Å²) >= 11 is 0. The Hall–Kier alpha value is -2.14. The number of nitrogens with one attached hydrogen (secondary N) is 1. The molecule has 120 valence electrons. The molecule has 0 heterocycles. The second-order valence-corrected chi connectivity index (χ2v) is 7.75. The van der Waals surface area contributed by atoms with Crippen molar-refractivity contribution < 1.29 is 13.2 Å². The maximum Gasteiger partial charge on any atom is 0.251 e. The average Bonchev–Trinajstić information content (AvgIpc) is 3.09. The number of carbonyl (C=O) groups excluding carboxylic acids is 1. The van der Waals surface area contributed by atoms with E-state index in [0.717, 1.165) is 25.7 Å². The van der Waals surface area contributed by atoms with E-state index in [4.69, 9.17) is 0 Å². The SMILES string of the molecule is O=C(NC1CCCC1)c1ccc(S(=O)(=O)c2ccccc2)cc1. The second-order valence-electron chi connectivity index (χ2n) is 5.80. The third kappa shape index (κ3) is 3.45. The molecule has 5 heteroatoms. The summed E-state index contributed by atoms with van der Waals surface area (Å²) in [6, 6.07) is 14.7. The van der Waals surface area contributed by atoms with Crippen LogP contribution in [-0.2, 0) is 9.84 Å². The van der Waals surface area contributed by atoms with Gasteiger partial charge in [0, 0.05) is 11.6 Å². The van der Waals surface area contributed by atoms with Crippen LogP contribution in [0.1, 0.15) is 36.0 Å². The number of rotatable bonds is 4. The molecule has 0 spiro atoms. The highest BCUT2D eigenvalue weighted by molar-refractivity contribution is 7.91. The van der Waals surface area contributed by atoms with Crippen molar-refractivity contribution in [1.29, 1.82) is 0 Å². The van der Waals surface area contributed by atoms with Crippen LogP contribution in [0.3, 0.4) is 0 Å². The van der Waals surface area contributed by atoms with E-state index in [1.165, 1.54) is 12.1 Å². The monoisotopic (exact) mass is 329 g/mol. The summed E-state index contributed by atoms with van der Waals surface area (Å²) < 4.78 is 25.0.